The molecule has 2 nitrogen and oxygen atoms in total. The van der Waals surface area contributed by atoms with E-state index in [1.54, 1.807) is 0 Å². The summed E-state index contributed by atoms with van der Waals surface area (Å²) in [5.74, 6) is 0. The molecule has 1 atom stereocenters. The molecule has 0 saturated heterocycles. The lowest BCUT2D eigenvalue weighted by molar-refractivity contribution is 0.575. The van der Waals surface area contributed by atoms with Crippen molar-refractivity contribution >= 4 is 21.6 Å². The first-order valence-electron chi connectivity index (χ1n) is 5.99. The fraction of sp³-hybridized carbons (Fsp3) is 0.200. The molecule has 0 bridgehead atoms. The molecule has 2 aromatic carbocycles. The summed E-state index contributed by atoms with van der Waals surface area (Å²) >= 11 is 3.49. The van der Waals surface area contributed by atoms with Gasteiger partial charge in [-0.2, -0.15) is 0 Å². The lowest BCUT2D eigenvalue weighted by Crippen LogP contribution is -2.18. The molecule has 3 N–H and O–H groups in total. The number of hydrogen-bond donors (Lipinski definition) is 2. The number of rotatable bonds is 4. The molecule has 0 aromatic heterocycles. The van der Waals surface area contributed by atoms with Crippen LogP contribution < -0.4 is 11.1 Å². The van der Waals surface area contributed by atoms with Gasteiger partial charge < -0.3 is 11.1 Å². The summed E-state index contributed by atoms with van der Waals surface area (Å²) < 4.78 is 1.10. The SMILES string of the molecule is CC(NCc1ccccc1N)c1cccc(Br)c1. The molecule has 0 saturated carbocycles. The van der Waals surface area contributed by atoms with Crippen LogP contribution in [0.25, 0.3) is 0 Å². The van der Waals surface area contributed by atoms with E-state index in [1.165, 1.54) is 5.56 Å². The van der Waals surface area contributed by atoms with Crippen molar-refractivity contribution in [1.29, 1.82) is 0 Å². The van der Waals surface area contributed by atoms with Crippen molar-refractivity contribution < 1.29 is 0 Å². The highest BCUT2D eigenvalue weighted by atomic mass is 79.9. The Balaban J connectivity index is 2.00. The molecule has 2 rings (SSSR count). The summed E-state index contributed by atoms with van der Waals surface area (Å²) in [5.41, 5.74) is 9.16. The van der Waals surface area contributed by atoms with E-state index in [0.717, 1.165) is 22.3 Å². The first kappa shape index (κ1) is 13.1. The fourth-order valence-electron chi connectivity index (χ4n) is 1.85. The molecule has 0 fully saturated rings. The highest BCUT2D eigenvalue weighted by Crippen LogP contribution is 2.19. The highest BCUT2D eigenvalue weighted by Gasteiger charge is 2.06. The minimum Gasteiger partial charge on any atom is -0.398 e. The van der Waals surface area contributed by atoms with Gasteiger partial charge in [-0.1, -0.05) is 46.3 Å². The zero-order valence-corrected chi connectivity index (χ0v) is 11.9. The zero-order valence-electron chi connectivity index (χ0n) is 10.4. The molecule has 2 aromatic rings. The number of nitrogens with two attached hydrogens (primary N) is 1. The van der Waals surface area contributed by atoms with Crippen molar-refractivity contribution in [2.75, 3.05) is 5.73 Å². The number of halogens is 1. The molecule has 18 heavy (non-hydrogen) atoms. The molecular weight excluding hydrogens is 288 g/mol. The third-order valence-electron chi connectivity index (χ3n) is 3.00. The van der Waals surface area contributed by atoms with Crippen LogP contribution in [-0.2, 0) is 6.54 Å². The molecular formula is C15H17BrN2. The number of benzene rings is 2. The minimum absolute atomic E-state index is 0.294. The largest absolute Gasteiger partial charge is 0.398 e. The van der Waals surface area contributed by atoms with Gasteiger partial charge in [0.05, 0.1) is 0 Å². The quantitative estimate of drug-likeness (QED) is 0.841. The van der Waals surface area contributed by atoms with E-state index in [9.17, 15) is 0 Å². The summed E-state index contributed by atoms with van der Waals surface area (Å²) in [4.78, 5) is 0. The summed E-state index contributed by atoms with van der Waals surface area (Å²) in [5, 5.41) is 3.48. The van der Waals surface area contributed by atoms with Crippen molar-refractivity contribution in [3.05, 3.63) is 64.1 Å². The maximum Gasteiger partial charge on any atom is 0.0359 e. The predicted molar refractivity (Wildman–Crippen MR) is 80.3 cm³/mol. The molecule has 0 aliphatic carbocycles. The fourth-order valence-corrected chi connectivity index (χ4v) is 2.27. The van der Waals surface area contributed by atoms with Crippen LogP contribution in [-0.4, -0.2) is 0 Å². The third-order valence-corrected chi connectivity index (χ3v) is 3.50. The summed E-state index contributed by atoms with van der Waals surface area (Å²) in [6, 6.07) is 16.6. The number of nitrogen functional groups attached to an aromatic ring is 1. The Hall–Kier alpha value is -1.32. The Morgan fingerprint density at radius 2 is 1.94 bits per heavy atom. The number of hydrogen-bond acceptors (Lipinski definition) is 2. The Morgan fingerprint density at radius 3 is 2.67 bits per heavy atom. The standard InChI is InChI=1S/C15H17BrN2/c1-11(12-6-4-7-14(16)9-12)18-10-13-5-2-3-8-15(13)17/h2-9,11,18H,10,17H2,1H3. The molecule has 0 spiro atoms. The van der Waals surface area contributed by atoms with Gasteiger partial charge in [-0.05, 0) is 36.2 Å². The molecule has 0 heterocycles. The maximum absolute atomic E-state index is 5.92. The van der Waals surface area contributed by atoms with Gasteiger partial charge in [0.15, 0.2) is 0 Å². The van der Waals surface area contributed by atoms with Crippen LogP contribution in [0.5, 0.6) is 0 Å². The second-order valence-electron chi connectivity index (χ2n) is 4.36. The van der Waals surface area contributed by atoms with Crippen molar-refractivity contribution in [3.63, 3.8) is 0 Å². The maximum atomic E-state index is 5.92. The van der Waals surface area contributed by atoms with E-state index < -0.39 is 0 Å². The van der Waals surface area contributed by atoms with Crippen molar-refractivity contribution in [2.45, 2.75) is 19.5 Å². The second-order valence-corrected chi connectivity index (χ2v) is 5.27. The lowest BCUT2D eigenvalue weighted by atomic mass is 10.1. The molecule has 3 heteroatoms. The third kappa shape index (κ3) is 3.34. The molecule has 0 aliphatic rings. The van der Waals surface area contributed by atoms with Gasteiger partial charge in [-0.25, -0.2) is 0 Å². The van der Waals surface area contributed by atoms with Crippen molar-refractivity contribution in [1.82, 2.24) is 5.32 Å². The average Bonchev–Trinajstić information content (AvgIpc) is 2.37. The topological polar surface area (TPSA) is 38.0 Å². The normalized spacial score (nSPS) is 12.3. The van der Waals surface area contributed by atoms with Gasteiger partial charge in [-0.3, -0.25) is 0 Å². The van der Waals surface area contributed by atoms with E-state index in [0.29, 0.717) is 6.04 Å². The van der Waals surface area contributed by atoms with Crippen LogP contribution in [0.15, 0.2) is 53.0 Å². The number of nitrogens with one attached hydrogen (secondary N) is 1. The Bertz CT molecular complexity index is 525. The van der Waals surface area contributed by atoms with Gasteiger partial charge in [0.1, 0.15) is 0 Å². The van der Waals surface area contributed by atoms with Crippen LogP contribution in [0, 0.1) is 0 Å². The minimum atomic E-state index is 0.294. The Kier molecular flexibility index (Phi) is 4.39. The summed E-state index contributed by atoms with van der Waals surface area (Å²) in [7, 11) is 0. The van der Waals surface area contributed by atoms with Crippen LogP contribution in [0.3, 0.4) is 0 Å². The van der Waals surface area contributed by atoms with E-state index in [2.05, 4.69) is 52.4 Å². The zero-order chi connectivity index (χ0) is 13.0. The first-order valence-corrected chi connectivity index (χ1v) is 6.78. The summed E-state index contributed by atoms with van der Waals surface area (Å²) in [6.07, 6.45) is 0. The van der Waals surface area contributed by atoms with Gasteiger partial charge >= 0.3 is 0 Å². The molecule has 94 valence electrons. The van der Waals surface area contributed by atoms with Gasteiger partial charge in [0, 0.05) is 22.7 Å². The molecule has 0 radical (unpaired) electrons. The number of para-hydroxylation sites is 1. The van der Waals surface area contributed by atoms with Crippen LogP contribution in [0.4, 0.5) is 5.69 Å². The van der Waals surface area contributed by atoms with E-state index in [1.807, 2.05) is 24.3 Å². The van der Waals surface area contributed by atoms with Gasteiger partial charge in [-0.15, -0.1) is 0 Å². The molecule has 0 aliphatic heterocycles. The van der Waals surface area contributed by atoms with E-state index in [4.69, 9.17) is 5.73 Å². The lowest BCUT2D eigenvalue weighted by Gasteiger charge is -2.15. The van der Waals surface area contributed by atoms with Gasteiger partial charge in [0.2, 0.25) is 0 Å². The number of anilines is 1. The molecule has 0 amide bonds. The highest BCUT2D eigenvalue weighted by molar-refractivity contribution is 9.10. The predicted octanol–water partition coefficient (Wildman–Crippen LogP) is 3.88. The van der Waals surface area contributed by atoms with Crippen LogP contribution in [0.2, 0.25) is 0 Å². The van der Waals surface area contributed by atoms with E-state index >= 15 is 0 Å². The van der Waals surface area contributed by atoms with Crippen LogP contribution in [0.1, 0.15) is 24.1 Å². The Labute approximate surface area is 116 Å². The van der Waals surface area contributed by atoms with Gasteiger partial charge in [0.25, 0.3) is 0 Å². The Morgan fingerprint density at radius 1 is 1.17 bits per heavy atom. The monoisotopic (exact) mass is 304 g/mol. The van der Waals surface area contributed by atoms with Crippen molar-refractivity contribution in [2.24, 2.45) is 0 Å². The van der Waals surface area contributed by atoms with E-state index in [-0.39, 0.29) is 0 Å². The molecule has 1 unspecified atom stereocenters. The second kappa shape index (κ2) is 6.03. The van der Waals surface area contributed by atoms with Crippen LogP contribution >= 0.6 is 15.9 Å². The van der Waals surface area contributed by atoms with Crippen molar-refractivity contribution in [3.8, 4) is 0 Å². The first-order chi connectivity index (χ1) is 8.66. The summed E-state index contributed by atoms with van der Waals surface area (Å²) in [6.45, 7) is 2.93. The smallest absolute Gasteiger partial charge is 0.0359 e. The average molecular weight is 305 g/mol.